The summed E-state index contributed by atoms with van der Waals surface area (Å²) in [4.78, 5) is 6.54. The van der Waals surface area contributed by atoms with Crippen molar-refractivity contribution in [3.8, 4) is 0 Å². The van der Waals surface area contributed by atoms with Crippen LogP contribution < -0.4 is 0 Å². The summed E-state index contributed by atoms with van der Waals surface area (Å²) in [6.07, 6.45) is 3.70. The largest absolute Gasteiger partial charge is 0.292 e. The maximum Gasteiger partial charge on any atom is 0.0595 e. The van der Waals surface area contributed by atoms with Crippen molar-refractivity contribution in [3.63, 3.8) is 0 Å². The van der Waals surface area contributed by atoms with Crippen LogP contribution in [-0.4, -0.2) is 15.9 Å². The summed E-state index contributed by atoms with van der Waals surface area (Å²) in [6, 6.07) is 10.3. The van der Waals surface area contributed by atoms with Crippen molar-refractivity contribution in [3.05, 3.63) is 63.9 Å². The van der Waals surface area contributed by atoms with Gasteiger partial charge in [0.1, 0.15) is 0 Å². The fraction of sp³-hybridized carbons (Fsp3) is 0.312. The molecule has 1 aromatic carbocycles. The highest BCUT2D eigenvalue weighted by Gasteiger charge is 2.12. The average molecular weight is 309 g/mol. The molecule has 0 aliphatic rings. The van der Waals surface area contributed by atoms with Crippen LogP contribution in [0.1, 0.15) is 25.0 Å². The molecule has 0 radical (unpaired) electrons. The third kappa shape index (κ3) is 4.20. The molecular weight excluding hydrogens is 291 g/mol. The van der Waals surface area contributed by atoms with Gasteiger partial charge in [0.25, 0.3) is 0 Å². The molecule has 20 heavy (non-hydrogen) atoms. The lowest BCUT2D eigenvalue weighted by atomic mass is 10.1. The minimum absolute atomic E-state index is 0.435. The Morgan fingerprint density at radius 3 is 2.40 bits per heavy atom. The lowest BCUT2D eigenvalue weighted by Crippen LogP contribution is -2.29. The minimum atomic E-state index is 0.435. The zero-order chi connectivity index (χ0) is 14.5. The van der Waals surface area contributed by atoms with Gasteiger partial charge in [0, 0.05) is 31.5 Å². The molecular formula is C16H18Cl2N2. The summed E-state index contributed by atoms with van der Waals surface area (Å²) in [7, 11) is 0. The molecule has 0 N–H and O–H groups in total. The Labute approximate surface area is 130 Å². The molecule has 0 aliphatic heterocycles. The first kappa shape index (κ1) is 15.3. The molecule has 0 fully saturated rings. The van der Waals surface area contributed by atoms with E-state index >= 15 is 0 Å². The van der Waals surface area contributed by atoms with Crippen LogP contribution >= 0.6 is 23.2 Å². The van der Waals surface area contributed by atoms with Crippen LogP contribution in [0.4, 0.5) is 0 Å². The lowest BCUT2D eigenvalue weighted by molar-refractivity contribution is 0.203. The summed E-state index contributed by atoms with van der Waals surface area (Å²) in [6.45, 7) is 6.08. The van der Waals surface area contributed by atoms with Crippen molar-refractivity contribution in [2.75, 3.05) is 0 Å². The van der Waals surface area contributed by atoms with Gasteiger partial charge in [-0.3, -0.25) is 9.88 Å². The maximum atomic E-state index is 6.08. The van der Waals surface area contributed by atoms with Crippen molar-refractivity contribution in [1.29, 1.82) is 0 Å². The minimum Gasteiger partial charge on any atom is -0.292 e. The van der Waals surface area contributed by atoms with E-state index in [1.54, 1.807) is 6.20 Å². The number of halogens is 2. The Hall–Kier alpha value is -1.09. The van der Waals surface area contributed by atoms with E-state index in [1.165, 1.54) is 5.56 Å². The zero-order valence-corrected chi connectivity index (χ0v) is 13.2. The monoisotopic (exact) mass is 308 g/mol. The number of hydrogen-bond acceptors (Lipinski definition) is 2. The standard InChI is InChI=1S/C16H18Cl2N2/c1-12(2)20(11-14-4-3-7-19-9-14)10-13-5-6-15(17)16(18)8-13/h3-9,12H,10-11H2,1-2H3. The van der Waals surface area contributed by atoms with Crippen molar-refractivity contribution in [2.24, 2.45) is 0 Å². The van der Waals surface area contributed by atoms with Gasteiger partial charge >= 0.3 is 0 Å². The van der Waals surface area contributed by atoms with Gasteiger partial charge < -0.3 is 0 Å². The fourth-order valence-electron chi connectivity index (χ4n) is 2.02. The van der Waals surface area contributed by atoms with Crippen LogP contribution in [0, 0.1) is 0 Å². The third-order valence-corrected chi connectivity index (χ3v) is 3.95. The van der Waals surface area contributed by atoms with Gasteiger partial charge in [-0.25, -0.2) is 0 Å². The second-order valence-electron chi connectivity index (χ2n) is 5.11. The van der Waals surface area contributed by atoms with Crippen LogP contribution in [0.25, 0.3) is 0 Å². The third-order valence-electron chi connectivity index (χ3n) is 3.21. The molecule has 2 aromatic rings. The van der Waals surface area contributed by atoms with E-state index in [4.69, 9.17) is 23.2 Å². The van der Waals surface area contributed by atoms with E-state index in [9.17, 15) is 0 Å². The van der Waals surface area contributed by atoms with Crippen molar-refractivity contribution in [2.45, 2.75) is 33.0 Å². The molecule has 0 amide bonds. The first-order valence-electron chi connectivity index (χ1n) is 6.63. The molecule has 0 aliphatic carbocycles. The predicted octanol–water partition coefficient (Wildman–Crippen LogP) is 4.80. The van der Waals surface area contributed by atoms with E-state index < -0.39 is 0 Å². The summed E-state index contributed by atoms with van der Waals surface area (Å²) in [5.41, 5.74) is 2.37. The lowest BCUT2D eigenvalue weighted by Gasteiger charge is -2.26. The van der Waals surface area contributed by atoms with Crippen molar-refractivity contribution >= 4 is 23.2 Å². The molecule has 0 unspecified atom stereocenters. The van der Waals surface area contributed by atoms with Crippen LogP contribution in [-0.2, 0) is 13.1 Å². The topological polar surface area (TPSA) is 16.1 Å². The molecule has 2 rings (SSSR count). The molecule has 0 bridgehead atoms. The van der Waals surface area contributed by atoms with Crippen LogP contribution in [0.2, 0.25) is 10.0 Å². The number of aromatic nitrogens is 1. The quantitative estimate of drug-likeness (QED) is 0.789. The van der Waals surface area contributed by atoms with Crippen molar-refractivity contribution < 1.29 is 0 Å². The number of benzene rings is 1. The van der Waals surface area contributed by atoms with E-state index in [1.807, 2.05) is 30.5 Å². The first-order valence-corrected chi connectivity index (χ1v) is 7.38. The molecule has 2 nitrogen and oxygen atoms in total. The van der Waals surface area contributed by atoms with Gasteiger partial charge in [0.05, 0.1) is 10.0 Å². The Kier molecular flexibility index (Phi) is 5.41. The van der Waals surface area contributed by atoms with E-state index in [0.29, 0.717) is 16.1 Å². The summed E-state index contributed by atoms with van der Waals surface area (Å²) >= 11 is 12.0. The van der Waals surface area contributed by atoms with Gasteiger partial charge in [-0.2, -0.15) is 0 Å². The highest BCUT2D eigenvalue weighted by molar-refractivity contribution is 6.42. The summed E-state index contributed by atoms with van der Waals surface area (Å²) in [5.74, 6) is 0. The van der Waals surface area contributed by atoms with Gasteiger partial charge in [-0.15, -0.1) is 0 Å². The molecule has 4 heteroatoms. The normalized spacial score (nSPS) is 11.3. The van der Waals surface area contributed by atoms with Crippen LogP contribution in [0.5, 0.6) is 0 Å². The average Bonchev–Trinajstić information content (AvgIpc) is 2.43. The van der Waals surface area contributed by atoms with Gasteiger partial charge in [-0.05, 0) is 43.2 Å². The van der Waals surface area contributed by atoms with Crippen molar-refractivity contribution in [1.82, 2.24) is 9.88 Å². The molecule has 1 heterocycles. The SMILES string of the molecule is CC(C)N(Cc1cccnc1)Cc1ccc(Cl)c(Cl)c1. The molecule has 0 atom stereocenters. The molecule has 106 valence electrons. The smallest absolute Gasteiger partial charge is 0.0595 e. The molecule has 1 aromatic heterocycles. The highest BCUT2D eigenvalue weighted by Crippen LogP contribution is 2.24. The Morgan fingerprint density at radius 1 is 1.05 bits per heavy atom. The van der Waals surface area contributed by atoms with Gasteiger partial charge in [0.2, 0.25) is 0 Å². The number of nitrogens with zero attached hydrogens (tertiary/aromatic N) is 2. The molecule has 0 saturated heterocycles. The zero-order valence-electron chi connectivity index (χ0n) is 11.7. The summed E-state index contributed by atoms with van der Waals surface area (Å²) in [5, 5.41) is 1.20. The molecule has 0 saturated carbocycles. The van der Waals surface area contributed by atoms with Crippen LogP contribution in [0.3, 0.4) is 0 Å². The Morgan fingerprint density at radius 2 is 1.80 bits per heavy atom. The Balaban J connectivity index is 2.11. The maximum absolute atomic E-state index is 6.08. The van der Waals surface area contributed by atoms with E-state index in [0.717, 1.165) is 18.7 Å². The number of hydrogen-bond donors (Lipinski definition) is 0. The van der Waals surface area contributed by atoms with Crippen LogP contribution in [0.15, 0.2) is 42.7 Å². The van der Waals surface area contributed by atoms with E-state index in [-0.39, 0.29) is 0 Å². The Bertz CT molecular complexity index is 556. The van der Waals surface area contributed by atoms with Gasteiger partial charge in [0.15, 0.2) is 0 Å². The second kappa shape index (κ2) is 7.07. The first-order chi connectivity index (χ1) is 9.56. The number of rotatable bonds is 5. The molecule has 0 spiro atoms. The fourth-order valence-corrected chi connectivity index (χ4v) is 2.34. The second-order valence-corrected chi connectivity index (χ2v) is 5.92. The number of pyridine rings is 1. The highest BCUT2D eigenvalue weighted by atomic mass is 35.5. The summed E-state index contributed by atoms with van der Waals surface area (Å²) < 4.78 is 0. The predicted molar refractivity (Wildman–Crippen MR) is 85.1 cm³/mol. The van der Waals surface area contributed by atoms with Gasteiger partial charge in [-0.1, -0.05) is 35.3 Å². The van der Waals surface area contributed by atoms with E-state index in [2.05, 4.69) is 29.8 Å².